The maximum atomic E-state index is 11.7. The van der Waals surface area contributed by atoms with Gasteiger partial charge in [0, 0.05) is 11.1 Å². The van der Waals surface area contributed by atoms with Gasteiger partial charge in [0.1, 0.15) is 4.34 Å². The first-order chi connectivity index (χ1) is 7.25. The fraction of sp³-hybridized carbons (Fsp3) is 0.200. The molecule has 0 bridgehead atoms. The van der Waals surface area contributed by atoms with Crippen molar-refractivity contribution >= 4 is 40.2 Å². The van der Waals surface area contributed by atoms with Gasteiger partial charge in [0.05, 0.1) is 10.6 Å². The number of carbonyl (C=O) groups is 1. The Kier molecular flexibility index (Phi) is 3.56. The summed E-state index contributed by atoms with van der Waals surface area (Å²) in [6.45, 7) is 2.02. The monoisotopic (exact) mass is 255 g/mol. The molecule has 15 heavy (non-hydrogen) atoms. The van der Waals surface area contributed by atoms with Crippen LogP contribution in [0.25, 0.3) is 0 Å². The molecule has 0 amide bonds. The third kappa shape index (κ3) is 2.90. The topological polar surface area (TPSA) is 30.0 Å². The molecule has 2 aromatic rings. The van der Waals surface area contributed by atoms with E-state index >= 15 is 0 Å². The molecule has 78 valence electrons. The van der Waals surface area contributed by atoms with Crippen molar-refractivity contribution in [3.63, 3.8) is 0 Å². The highest BCUT2D eigenvalue weighted by atomic mass is 32.2. The maximum Gasteiger partial charge on any atom is 0.183 e. The summed E-state index contributed by atoms with van der Waals surface area (Å²) in [4.78, 5) is 17.9. The lowest BCUT2D eigenvalue weighted by atomic mass is 10.4. The largest absolute Gasteiger partial charge is 0.292 e. The highest BCUT2D eigenvalue weighted by Gasteiger charge is 2.08. The summed E-state index contributed by atoms with van der Waals surface area (Å²) >= 11 is 4.63. The van der Waals surface area contributed by atoms with Crippen molar-refractivity contribution in [1.29, 1.82) is 0 Å². The van der Waals surface area contributed by atoms with Crippen molar-refractivity contribution in [2.24, 2.45) is 0 Å². The zero-order valence-corrected chi connectivity index (χ0v) is 10.5. The summed E-state index contributed by atoms with van der Waals surface area (Å²) in [5, 5.41) is 1.92. The summed E-state index contributed by atoms with van der Waals surface area (Å²) < 4.78 is 0.970. The number of rotatable bonds is 4. The van der Waals surface area contributed by atoms with Crippen LogP contribution in [0.4, 0.5) is 0 Å². The molecule has 2 heterocycles. The third-order valence-corrected chi connectivity index (χ3v) is 4.70. The van der Waals surface area contributed by atoms with Crippen molar-refractivity contribution in [2.75, 3.05) is 5.75 Å². The minimum Gasteiger partial charge on any atom is -0.292 e. The number of aryl methyl sites for hydroxylation is 1. The van der Waals surface area contributed by atoms with Gasteiger partial charge in [0.25, 0.3) is 0 Å². The second-order valence-corrected chi connectivity index (χ2v) is 6.33. The summed E-state index contributed by atoms with van der Waals surface area (Å²) in [5.74, 6) is 0.663. The molecule has 0 spiro atoms. The summed E-state index contributed by atoms with van der Waals surface area (Å²) in [5.41, 5.74) is 0. The van der Waals surface area contributed by atoms with E-state index in [1.807, 2.05) is 30.6 Å². The van der Waals surface area contributed by atoms with Gasteiger partial charge in [-0.3, -0.25) is 4.79 Å². The van der Waals surface area contributed by atoms with Crippen LogP contribution in [-0.2, 0) is 0 Å². The molecule has 0 fully saturated rings. The fourth-order valence-electron chi connectivity index (χ4n) is 1.04. The molecule has 0 aliphatic rings. The number of thioether (sulfide) groups is 1. The second-order valence-electron chi connectivity index (χ2n) is 2.93. The smallest absolute Gasteiger partial charge is 0.183 e. The highest BCUT2D eigenvalue weighted by Crippen LogP contribution is 2.24. The van der Waals surface area contributed by atoms with E-state index in [0.29, 0.717) is 5.75 Å². The predicted octanol–water partition coefficient (Wildman–Crippen LogP) is 3.49. The molecule has 5 heteroatoms. The SMILES string of the molecule is Cc1cnc(SCC(=O)c2cccs2)s1. The Morgan fingerprint density at radius 2 is 2.47 bits per heavy atom. The number of hydrogen-bond acceptors (Lipinski definition) is 5. The zero-order chi connectivity index (χ0) is 10.7. The van der Waals surface area contributed by atoms with Crippen molar-refractivity contribution < 1.29 is 4.79 Å². The van der Waals surface area contributed by atoms with Crippen molar-refractivity contribution in [1.82, 2.24) is 4.98 Å². The lowest BCUT2D eigenvalue weighted by Crippen LogP contribution is -1.98. The first-order valence-electron chi connectivity index (χ1n) is 4.37. The summed E-state index contributed by atoms with van der Waals surface area (Å²) in [7, 11) is 0. The number of ketones is 1. The van der Waals surface area contributed by atoms with Gasteiger partial charge in [-0.2, -0.15) is 0 Å². The number of Topliss-reactive ketones (excluding diaryl/α,β-unsaturated/α-hetero) is 1. The lowest BCUT2D eigenvalue weighted by molar-refractivity contribution is 0.102. The fourth-order valence-corrected chi connectivity index (χ4v) is 3.62. The van der Waals surface area contributed by atoms with Gasteiger partial charge in [-0.1, -0.05) is 17.8 Å². The van der Waals surface area contributed by atoms with Crippen LogP contribution < -0.4 is 0 Å². The molecule has 0 saturated heterocycles. The quantitative estimate of drug-likeness (QED) is 0.619. The van der Waals surface area contributed by atoms with Gasteiger partial charge in [-0.15, -0.1) is 22.7 Å². The Labute approximate surface area is 100 Å². The minimum absolute atomic E-state index is 0.183. The van der Waals surface area contributed by atoms with E-state index < -0.39 is 0 Å². The van der Waals surface area contributed by atoms with E-state index in [4.69, 9.17) is 0 Å². The predicted molar refractivity (Wildman–Crippen MR) is 66.2 cm³/mol. The number of thiazole rings is 1. The van der Waals surface area contributed by atoms with Crippen LogP contribution in [0, 0.1) is 6.92 Å². The number of thiophene rings is 1. The number of nitrogens with zero attached hydrogens (tertiary/aromatic N) is 1. The Morgan fingerprint density at radius 1 is 1.60 bits per heavy atom. The van der Waals surface area contributed by atoms with Crippen LogP contribution in [0.2, 0.25) is 0 Å². The average molecular weight is 255 g/mol. The van der Waals surface area contributed by atoms with E-state index in [9.17, 15) is 4.79 Å². The molecule has 0 radical (unpaired) electrons. The van der Waals surface area contributed by atoms with Gasteiger partial charge >= 0.3 is 0 Å². The Hall–Kier alpha value is -0.650. The minimum atomic E-state index is 0.183. The highest BCUT2D eigenvalue weighted by molar-refractivity contribution is 8.01. The Morgan fingerprint density at radius 3 is 3.07 bits per heavy atom. The molecule has 0 aliphatic carbocycles. The molecule has 2 nitrogen and oxygen atoms in total. The van der Waals surface area contributed by atoms with Crippen LogP contribution in [-0.4, -0.2) is 16.5 Å². The Bertz CT molecular complexity index is 447. The molecular weight excluding hydrogens is 246 g/mol. The molecule has 0 saturated carbocycles. The zero-order valence-electron chi connectivity index (χ0n) is 8.10. The standard InChI is InChI=1S/C10H9NOS3/c1-7-5-11-10(15-7)14-6-8(12)9-3-2-4-13-9/h2-5H,6H2,1H3. The third-order valence-electron chi connectivity index (χ3n) is 1.72. The molecule has 2 rings (SSSR count). The van der Waals surface area contributed by atoms with Crippen molar-refractivity contribution in [3.05, 3.63) is 33.5 Å². The summed E-state index contributed by atoms with van der Waals surface area (Å²) in [6.07, 6.45) is 1.84. The molecule has 0 atom stereocenters. The Balaban J connectivity index is 1.91. The maximum absolute atomic E-state index is 11.7. The van der Waals surface area contributed by atoms with E-state index in [1.165, 1.54) is 28.0 Å². The van der Waals surface area contributed by atoms with E-state index in [0.717, 1.165) is 9.22 Å². The van der Waals surface area contributed by atoms with E-state index in [1.54, 1.807) is 11.3 Å². The normalized spacial score (nSPS) is 10.5. The molecule has 0 unspecified atom stereocenters. The van der Waals surface area contributed by atoms with Gasteiger partial charge < -0.3 is 0 Å². The number of carbonyl (C=O) groups excluding carboxylic acids is 1. The molecular formula is C10H9NOS3. The number of aromatic nitrogens is 1. The first kappa shape index (κ1) is 10.9. The van der Waals surface area contributed by atoms with E-state index in [-0.39, 0.29) is 5.78 Å². The van der Waals surface area contributed by atoms with Crippen molar-refractivity contribution in [3.8, 4) is 0 Å². The lowest BCUT2D eigenvalue weighted by Gasteiger charge is -1.94. The van der Waals surface area contributed by atoms with Crippen LogP contribution in [0.15, 0.2) is 28.0 Å². The molecule has 0 N–H and O–H groups in total. The van der Waals surface area contributed by atoms with Crippen molar-refractivity contribution in [2.45, 2.75) is 11.3 Å². The average Bonchev–Trinajstić information content (AvgIpc) is 2.84. The van der Waals surface area contributed by atoms with Crippen LogP contribution in [0.3, 0.4) is 0 Å². The van der Waals surface area contributed by atoms with Gasteiger partial charge in [-0.25, -0.2) is 4.98 Å². The number of hydrogen-bond donors (Lipinski definition) is 0. The van der Waals surface area contributed by atoms with Crippen LogP contribution >= 0.6 is 34.4 Å². The first-order valence-corrected chi connectivity index (χ1v) is 7.06. The second kappa shape index (κ2) is 4.92. The van der Waals surface area contributed by atoms with Gasteiger partial charge in [0.15, 0.2) is 5.78 Å². The van der Waals surface area contributed by atoms with Gasteiger partial charge in [0.2, 0.25) is 0 Å². The summed E-state index contributed by atoms with van der Waals surface area (Å²) in [6, 6.07) is 3.76. The van der Waals surface area contributed by atoms with Gasteiger partial charge in [-0.05, 0) is 18.4 Å². The van der Waals surface area contributed by atoms with Crippen LogP contribution in [0.1, 0.15) is 14.5 Å². The van der Waals surface area contributed by atoms with E-state index in [2.05, 4.69) is 4.98 Å². The molecule has 0 aliphatic heterocycles. The molecule has 2 aromatic heterocycles. The van der Waals surface area contributed by atoms with Crippen LogP contribution in [0.5, 0.6) is 0 Å². The molecule has 0 aromatic carbocycles.